The molecule has 0 amide bonds. The van der Waals surface area contributed by atoms with Gasteiger partial charge in [-0.1, -0.05) is 133 Å². The summed E-state index contributed by atoms with van der Waals surface area (Å²) in [6, 6.07) is 39.9. The molecular formula is C40H36N2. The molecule has 0 saturated heterocycles. The Balaban J connectivity index is 1.37. The van der Waals surface area contributed by atoms with Gasteiger partial charge in [-0.15, -0.1) is 0 Å². The molecule has 42 heavy (non-hydrogen) atoms. The molecule has 5 aromatic carbocycles. The summed E-state index contributed by atoms with van der Waals surface area (Å²) in [5.41, 5.74) is 8.81. The second kappa shape index (κ2) is 9.49. The molecule has 7 aromatic rings. The van der Waals surface area contributed by atoms with Gasteiger partial charge in [-0.2, -0.15) is 0 Å². The van der Waals surface area contributed by atoms with Crippen LogP contribution in [0.3, 0.4) is 0 Å². The van der Waals surface area contributed by atoms with Crippen LogP contribution in [-0.4, -0.2) is 9.97 Å². The van der Waals surface area contributed by atoms with Gasteiger partial charge >= 0.3 is 0 Å². The number of fused-ring (bicyclic) bond motifs is 6. The molecule has 0 aliphatic heterocycles. The van der Waals surface area contributed by atoms with Gasteiger partial charge in [0.2, 0.25) is 0 Å². The SMILES string of the molecule is CC(C)(C)c1ccc2ccc3c(-c4ccc(-c5ccc6c(ccc7ccccc76)c5)cc4)cc(C(C)(C)C)nc3c2n1. The topological polar surface area (TPSA) is 25.8 Å². The van der Waals surface area contributed by atoms with Crippen LogP contribution in [0.25, 0.3) is 65.6 Å². The van der Waals surface area contributed by atoms with Crippen LogP contribution < -0.4 is 0 Å². The Hall–Kier alpha value is -4.56. The summed E-state index contributed by atoms with van der Waals surface area (Å²) in [6.07, 6.45) is 0. The van der Waals surface area contributed by atoms with Gasteiger partial charge in [-0.25, -0.2) is 9.97 Å². The van der Waals surface area contributed by atoms with Crippen LogP contribution in [0.2, 0.25) is 0 Å². The number of nitrogens with zero attached hydrogens (tertiary/aromatic N) is 2. The second-order valence-electron chi connectivity index (χ2n) is 13.6. The molecule has 0 unspecified atom stereocenters. The summed E-state index contributed by atoms with van der Waals surface area (Å²) in [5.74, 6) is 0. The lowest BCUT2D eigenvalue weighted by Gasteiger charge is -2.22. The molecule has 2 nitrogen and oxygen atoms in total. The first-order chi connectivity index (χ1) is 20.1. The molecule has 0 aliphatic rings. The van der Waals surface area contributed by atoms with Crippen molar-refractivity contribution in [1.82, 2.24) is 9.97 Å². The zero-order valence-electron chi connectivity index (χ0n) is 25.3. The third kappa shape index (κ3) is 4.52. The van der Waals surface area contributed by atoms with Crippen molar-refractivity contribution in [1.29, 1.82) is 0 Å². The minimum Gasteiger partial charge on any atom is -0.250 e. The first-order valence-electron chi connectivity index (χ1n) is 14.8. The second-order valence-corrected chi connectivity index (χ2v) is 13.6. The van der Waals surface area contributed by atoms with Crippen LogP contribution in [0.15, 0.2) is 109 Å². The number of benzene rings is 5. The van der Waals surface area contributed by atoms with E-state index >= 15 is 0 Å². The molecular weight excluding hydrogens is 508 g/mol. The molecule has 7 rings (SSSR count). The van der Waals surface area contributed by atoms with Crippen LogP contribution in [-0.2, 0) is 10.8 Å². The van der Waals surface area contributed by atoms with Gasteiger partial charge in [0.05, 0.1) is 11.0 Å². The standard InChI is InChI=1S/C40H36N2/c1-39(2,3)35-22-19-28-17-21-33-34(24-36(40(4,5)6)42-38(33)37(28)41-35)27-13-11-25(12-14-27)29-18-20-32-30(23-29)16-15-26-9-7-8-10-31(26)32/h7-24H,1-6H3. The van der Waals surface area contributed by atoms with Crippen LogP contribution in [0.4, 0.5) is 0 Å². The maximum absolute atomic E-state index is 5.24. The molecule has 0 bridgehead atoms. The normalized spacial score (nSPS) is 12.5. The van der Waals surface area contributed by atoms with E-state index in [2.05, 4.69) is 151 Å². The Morgan fingerprint density at radius 3 is 1.74 bits per heavy atom. The monoisotopic (exact) mass is 544 g/mol. The Morgan fingerprint density at radius 1 is 0.405 bits per heavy atom. The molecule has 0 aliphatic carbocycles. The van der Waals surface area contributed by atoms with Gasteiger partial charge in [0, 0.05) is 33.0 Å². The third-order valence-corrected chi connectivity index (χ3v) is 8.45. The third-order valence-electron chi connectivity index (χ3n) is 8.45. The summed E-state index contributed by atoms with van der Waals surface area (Å²) in [5, 5.41) is 7.40. The Labute approximate surface area is 248 Å². The van der Waals surface area contributed by atoms with E-state index in [9.17, 15) is 0 Å². The van der Waals surface area contributed by atoms with Crippen LogP contribution in [0, 0.1) is 0 Å². The highest BCUT2D eigenvalue weighted by Gasteiger charge is 2.21. The minimum atomic E-state index is -0.0953. The number of aromatic nitrogens is 2. The van der Waals surface area contributed by atoms with Gasteiger partial charge < -0.3 is 0 Å². The summed E-state index contributed by atoms with van der Waals surface area (Å²) in [4.78, 5) is 10.4. The predicted molar refractivity (Wildman–Crippen MR) is 180 cm³/mol. The number of pyridine rings is 2. The fourth-order valence-electron chi connectivity index (χ4n) is 5.95. The molecule has 206 valence electrons. The molecule has 2 aromatic heterocycles. The van der Waals surface area contributed by atoms with Crippen molar-refractivity contribution >= 4 is 43.4 Å². The van der Waals surface area contributed by atoms with Crippen LogP contribution >= 0.6 is 0 Å². The van der Waals surface area contributed by atoms with Gasteiger partial charge in [-0.3, -0.25) is 0 Å². The molecule has 0 fully saturated rings. The summed E-state index contributed by atoms with van der Waals surface area (Å²) >= 11 is 0. The smallest absolute Gasteiger partial charge is 0.0974 e. The van der Waals surface area contributed by atoms with E-state index in [1.54, 1.807) is 0 Å². The summed E-state index contributed by atoms with van der Waals surface area (Å²) in [6.45, 7) is 13.3. The van der Waals surface area contributed by atoms with Crippen molar-refractivity contribution in [2.75, 3.05) is 0 Å². The van der Waals surface area contributed by atoms with Crippen molar-refractivity contribution in [3.05, 3.63) is 121 Å². The van der Waals surface area contributed by atoms with Crippen LogP contribution in [0.1, 0.15) is 52.9 Å². The highest BCUT2D eigenvalue weighted by molar-refractivity contribution is 6.09. The number of hydrogen-bond acceptors (Lipinski definition) is 2. The van der Waals surface area contributed by atoms with Crippen molar-refractivity contribution in [3.8, 4) is 22.3 Å². The summed E-state index contributed by atoms with van der Waals surface area (Å²) in [7, 11) is 0. The average molecular weight is 545 g/mol. The van der Waals surface area contributed by atoms with Gasteiger partial charge in [0.25, 0.3) is 0 Å². The van der Waals surface area contributed by atoms with Crippen molar-refractivity contribution in [2.45, 2.75) is 52.4 Å². The van der Waals surface area contributed by atoms with Crippen LogP contribution in [0.5, 0.6) is 0 Å². The molecule has 0 radical (unpaired) electrons. The fraction of sp³-hybridized carbons (Fsp3) is 0.200. The maximum Gasteiger partial charge on any atom is 0.0974 e. The van der Waals surface area contributed by atoms with E-state index in [0.717, 1.165) is 33.2 Å². The first-order valence-corrected chi connectivity index (χ1v) is 14.8. The lowest BCUT2D eigenvalue weighted by molar-refractivity contribution is 0.570. The van der Waals surface area contributed by atoms with E-state index in [-0.39, 0.29) is 10.8 Å². The summed E-state index contributed by atoms with van der Waals surface area (Å²) < 4.78 is 0. The number of hydrogen-bond donors (Lipinski definition) is 0. The van der Waals surface area contributed by atoms with Crippen molar-refractivity contribution in [2.24, 2.45) is 0 Å². The Morgan fingerprint density at radius 2 is 0.976 bits per heavy atom. The molecule has 0 saturated carbocycles. The number of rotatable bonds is 2. The minimum absolute atomic E-state index is 0.0352. The van der Waals surface area contributed by atoms with E-state index < -0.39 is 0 Å². The maximum atomic E-state index is 5.24. The largest absolute Gasteiger partial charge is 0.250 e. The first kappa shape index (κ1) is 26.3. The molecule has 0 spiro atoms. The quantitative estimate of drug-likeness (QED) is 0.202. The highest BCUT2D eigenvalue weighted by atomic mass is 14.8. The molecule has 0 N–H and O–H groups in total. The van der Waals surface area contributed by atoms with E-state index in [1.165, 1.54) is 43.8 Å². The fourth-order valence-corrected chi connectivity index (χ4v) is 5.95. The van der Waals surface area contributed by atoms with Gasteiger partial charge in [-0.05, 0) is 62.0 Å². The average Bonchev–Trinajstić information content (AvgIpc) is 2.99. The zero-order valence-corrected chi connectivity index (χ0v) is 25.3. The Kier molecular flexibility index (Phi) is 5.95. The van der Waals surface area contributed by atoms with Gasteiger partial charge in [0.15, 0.2) is 0 Å². The van der Waals surface area contributed by atoms with E-state index in [1.807, 2.05) is 0 Å². The molecule has 0 atom stereocenters. The van der Waals surface area contributed by atoms with Crippen molar-refractivity contribution in [3.63, 3.8) is 0 Å². The van der Waals surface area contributed by atoms with E-state index in [0.29, 0.717) is 0 Å². The molecule has 2 heteroatoms. The highest BCUT2D eigenvalue weighted by Crippen LogP contribution is 2.37. The predicted octanol–water partition coefficient (Wildman–Crippen LogP) is 11.0. The Bertz CT molecular complexity index is 2140. The van der Waals surface area contributed by atoms with Gasteiger partial charge in [0.1, 0.15) is 0 Å². The lowest BCUT2D eigenvalue weighted by atomic mass is 9.87. The van der Waals surface area contributed by atoms with E-state index in [4.69, 9.17) is 9.97 Å². The van der Waals surface area contributed by atoms with Crippen molar-refractivity contribution < 1.29 is 0 Å². The zero-order chi connectivity index (χ0) is 29.2. The lowest BCUT2D eigenvalue weighted by Crippen LogP contribution is -2.15. The molecule has 2 heterocycles.